The van der Waals surface area contributed by atoms with Gasteiger partial charge in [-0.15, -0.1) is 28.6 Å². The van der Waals surface area contributed by atoms with Crippen LogP contribution in [0.4, 0.5) is 0 Å². The van der Waals surface area contributed by atoms with Crippen molar-refractivity contribution in [2.75, 3.05) is 25.2 Å². The highest BCUT2D eigenvalue weighted by molar-refractivity contribution is 8.01. The topological polar surface area (TPSA) is 125 Å². The number of ether oxygens (including phenoxy) is 2. The average molecular weight is 402 g/mol. The first-order valence-electron chi connectivity index (χ1n) is 7.09. The summed E-state index contributed by atoms with van der Waals surface area (Å²) in [5.41, 5.74) is 6.71. The van der Waals surface area contributed by atoms with Gasteiger partial charge in [-0.25, -0.2) is 9.59 Å². The van der Waals surface area contributed by atoms with Gasteiger partial charge in [0.25, 0.3) is 0 Å². The van der Waals surface area contributed by atoms with E-state index >= 15 is 0 Å². The van der Waals surface area contributed by atoms with Gasteiger partial charge >= 0.3 is 11.9 Å². The van der Waals surface area contributed by atoms with Crippen LogP contribution in [-0.2, 0) is 23.9 Å². The predicted molar refractivity (Wildman–Crippen MR) is 91.7 cm³/mol. The van der Waals surface area contributed by atoms with Gasteiger partial charge in [-0.2, -0.15) is 0 Å². The smallest absolute Gasteiger partial charge is 0.355 e. The molecule has 2 aliphatic heterocycles. The van der Waals surface area contributed by atoms with E-state index in [0.717, 1.165) is 9.78 Å². The molecule has 0 radical (unpaired) electrons. The lowest BCUT2D eigenvalue weighted by Gasteiger charge is -2.48. The number of fused-ring (bicyclic) bond motifs is 1. The van der Waals surface area contributed by atoms with Gasteiger partial charge in [0.2, 0.25) is 5.91 Å². The molecule has 134 valence electrons. The molecule has 2 atom stereocenters. The first kappa shape index (κ1) is 18.2. The molecule has 25 heavy (non-hydrogen) atoms. The van der Waals surface area contributed by atoms with Crippen molar-refractivity contribution >= 4 is 52.9 Å². The molecule has 1 saturated heterocycles. The van der Waals surface area contributed by atoms with Crippen molar-refractivity contribution in [3.63, 3.8) is 0 Å². The molecule has 1 aromatic heterocycles. The standard InChI is InChI=1S/C13H14N4O5S3/c1-21-7(18)3-22-13(20)10-6(4-23-8-2-15-16-25-8)5-24-12-9(14)11(19)17(10)12/h2,9,12H,3-5,14H2,1H3/t9?,12-/m1/s1. The van der Waals surface area contributed by atoms with E-state index in [1.165, 1.54) is 47.1 Å². The number of nitrogens with two attached hydrogens (primary N) is 1. The number of β-lactam (4-membered cyclic amide) rings is 1. The maximum atomic E-state index is 12.5. The Labute approximate surface area is 155 Å². The average Bonchev–Trinajstić information content (AvgIpc) is 3.16. The fraction of sp³-hybridized carbons (Fsp3) is 0.462. The number of esters is 2. The number of carbonyl (C=O) groups is 3. The van der Waals surface area contributed by atoms with Crippen LogP contribution >= 0.6 is 35.1 Å². The van der Waals surface area contributed by atoms with Gasteiger partial charge in [-0.1, -0.05) is 4.49 Å². The molecule has 3 heterocycles. The van der Waals surface area contributed by atoms with Gasteiger partial charge in [-0.05, 0) is 17.1 Å². The lowest BCUT2D eigenvalue weighted by atomic mass is 10.0. The van der Waals surface area contributed by atoms with Gasteiger partial charge in [0.1, 0.15) is 21.3 Å². The van der Waals surface area contributed by atoms with Crippen LogP contribution in [0.2, 0.25) is 0 Å². The van der Waals surface area contributed by atoms with Crippen molar-refractivity contribution in [2.24, 2.45) is 5.73 Å². The maximum absolute atomic E-state index is 12.5. The highest BCUT2D eigenvalue weighted by atomic mass is 32.2. The van der Waals surface area contributed by atoms with Crippen LogP contribution in [-0.4, -0.2) is 69.0 Å². The zero-order chi connectivity index (χ0) is 18.0. The predicted octanol–water partition coefficient (Wildman–Crippen LogP) is -0.157. The minimum absolute atomic E-state index is 0.171. The zero-order valence-electron chi connectivity index (χ0n) is 13.0. The van der Waals surface area contributed by atoms with E-state index in [1.54, 1.807) is 6.20 Å². The summed E-state index contributed by atoms with van der Waals surface area (Å²) >= 11 is 4.22. The van der Waals surface area contributed by atoms with Crippen LogP contribution in [0, 0.1) is 0 Å². The van der Waals surface area contributed by atoms with E-state index < -0.39 is 24.6 Å². The Morgan fingerprint density at radius 3 is 3.00 bits per heavy atom. The molecule has 0 spiro atoms. The molecular weight excluding hydrogens is 388 g/mol. The Morgan fingerprint density at radius 1 is 1.52 bits per heavy atom. The summed E-state index contributed by atoms with van der Waals surface area (Å²) in [4.78, 5) is 37.1. The number of hydrogen-bond donors (Lipinski definition) is 1. The molecule has 2 aliphatic rings. The number of hydrogen-bond acceptors (Lipinski definition) is 11. The van der Waals surface area contributed by atoms with Crippen molar-refractivity contribution in [2.45, 2.75) is 15.6 Å². The number of methoxy groups -OCH3 is 1. The monoisotopic (exact) mass is 402 g/mol. The second kappa shape index (κ2) is 7.72. The summed E-state index contributed by atoms with van der Waals surface area (Å²) in [6.07, 6.45) is 1.63. The van der Waals surface area contributed by atoms with Gasteiger partial charge < -0.3 is 15.2 Å². The van der Waals surface area contributed by atoms with E-state index in [9.17, 15) is 14.4 Å². The van der Waals surface area contributed by atoms with Gasteiger partial charge in [0.05, 0.1) is 13.3 Å². The first-order chi connectivity index (χ1) is 12.0. The first-order valence-corrected chi connectivity index (χ1v) is 9.90. The second-order valence-corrected chi connectivity index (χ2v) is 8.23. The summed E-state index contributed by atoms with van der Waals surface area (Å²) in [6.45, 7) is -0.510. The third-order valence-electron chi connectivity index (χ3n) is 3.56. The fourth-order valence-electron chi connectivity index (χ4n) is 2.31. The Bertz CT molecular complexity index is 723. The zero-order valence-corrected chi connectivity index (χ0v) is 15.5. The molecule has 2 N–H and O–H groups in total. The molecule has 1 aromatic rings. The number of thioether (sulfide) groups is 2. The lowest BCUT2D eigenvalue weighted by molar-refractivity contribution is -0.158. The Balaban J connectivity index is 1.79. The van der Waals surface area contributed by atoms with Gasteiger partial charge in [0, 0.05) is 11.5 Å². The minimum Gasteiger partial charge on any atom is -0.466 e. The van der Waals surface area contributed by atoms with Crippen molar-refractivity contribution < 1.29 is 23.9 Å². The van der Waals surface area contributed by atoms with E-state index in [0.29, 0.717) is 11.5 Å². The molecule has 0 aliphatic carbocycles. The van der Waals surface area contributed by atoms with Crippen molar-refractivity contribution in [1.82, 2.24) is 14.5 Å². The molecule has 1 amide bonds. The van der Waals surface area contributed by atoms with Gasteiger partial charge in [-0.3, -0.25) is 9.69 Å². The van der Waals surface area contributed by atoms with E-state index in [2.05, 4.69) is 14.3 Å². The summed E-state index contributed by atoms with van der Waals surface area (Å²) in [5, 5.41) is 3.48. The lowest BCUT2D eigenvalue weighted by Crippen LogP contribution is -2.68. The Kier molecular flexibility index (Phi) is 5.61. The number of aromatic nitrogens is 2. The van der Waals surface area contributed by atoms with Crippen molar-refractivity contribution in [3.05, 3.63) is 17.5 Å². The summed E-state index contributed by atoms with van der Waals surface area (Å²) < 4.78 is 14.1. The highest BCUT2D eigenvalue weighted by Gasteiger charge is 2.52. The Hall–Kier alpha value is -1.63. The van der Waals surface area contributed by atoms with Crippen molar-refractivity contribution in [1.29, 1.82) is 0 Å². The normalized spacial score (nSPS) is 22.3. The molecule has 9 nitrogen and oxygen atoms in total. The van der Waals surface area contributed by atoms with Crippen LogP contribution in [0.15, 0.2) is 21.7 Å². The summed E-state index contributed by atoms with van der Waals surface area (Å²) in [5.74, 6) is -0.706. The number of nitrogens with zero attached hydrogens (tertiary/aromatic N) is 3. The third-order valence-corrected chi connectivity index (χ3v) is 6.84. The van der Waals surface area contributed by atoms with Crippen LogP contribution in [0.5, 0.6) is 0 Å². The number of rotatable bonds is 6. The van der Waals surface area contributed by atoms with Crippen molar-refractivity contribution in [3.8, 4) is 0 Å². The van der Waals surface area contributed by atoms with Crippen LogP contribution in [0.3, 0.4) is 0 Å². The quantitative estimate of drug-likeness (QED) is 0.390. The van der Waals surface area contributed by atoms with Crippen LogP contribution in [0.1, 0.15) is 0 Å². The molecule has 0 aromatic carbocycles. The third kappa shape index (κ3) is 3.66. The molecule has 0 saturated carbocycles. The number of amides is 1. The molecular formula is C13H14N4O5S3. The molecule has 12 heteroatoms. The van der Waals surface area contributed by atoms with E-state index in [1.807, 2.05) is 0 Å². The molecule has 3 rings (SSSR count). The number of carbonyl (C=O) groups excluding carboxylic acids is 3. The van der Waals surface area contributed by atoms with E-state index in [4.69, 9.17) is 10.5 Å². The van der Waals surface area contributed by atoms with Crippen LogP contribution in [0.25, 0.3) is 0 Å². The largest absolute Gasteiger partial charge is 0.466 e. The van der Waals surface area contributed by atoms with E-state index in [-0.39, 0.29) is 17.0 Å². The van der Waals surface area contributed by atoms with Crippen LogP contribution < -0.4 is 5.73 Å². The molecule has 1 unspecified atom stereocenters. The van der Waals surface area contributed by atoms with Gasteiger partial charge in [0.15, 0.2) is 6.61 Å². The Morgan fingerprint density at radius 2 is 2.32 bits per heavy atom. The maximum Gasteiger partial charge on any atom is 0.355 e. The highest BCUT2D eigenvalue weighted by Crippen LogP contribution is 2.41. The molecule has 1 fully saturated rings. The molecule has 0 bridgehead atoms. The summed E-state index contributed by atoms with van der Waals surface area (Å²) in [6, 6.07) is -0.631. The summed E-state index contributed by atoms with van der Waals surface area (Å²) in [7, 11) is 1.20. The SMILES string of the molecule is COC(=O)COC(=O)C1=C(CSc2cnns2)CS[C@@H]2C(N)C(=O)N12. The minimum atomic E-state index is -0.728. The second-order valence-electron chi connectivity index (χ2n) is 5.07. The fourth-order valence-corrected chi connectivity index (χ4v) is 5.17.